The Labute approximate surface area is 155 Å². The standard InChI is InChI=1S/C19H17ClN4O2/c1-13-9-18(25)23-19(22-13)24-21-11-15-6-2-3-8-17(15)26-12-14-5-4-7-16(20)10-14/h2-11H,12H2,1H3,(H2,22,23,24,25)/b21-11+. The fourth-order valence-corrected chi connectivity index (χ4v) is 2.51. The van der Waals surface area contributed by atoms with Crippen LogP contribution in [0.25, 0.3) is 0 Å². The van der Waals surface area contributed by atoms with Crippen molar-refractivity contribution in [2.45, 2.75) is 13.5 Å². The van der Waals surface area contributed by atoms with Gasteiger partial charge < -0.3 is 4.74 Å². The lowest BCUT2D eigenvalue weighted by Gasteiger charge is -2.09. The molecule has 6 nitrogen and oxygen atoms in total. The minimum atomic E-state index is -0.236. The predicted molar refractivity (Wildman–Crippen MR) is 103 cm³/mol. The Kier molecular flexibility index (Phi) is 5.66. The third-order valence-corrected chi connectivity index (χ3v) is 3.68. The van der Waals surface area contributed by atoms with Crippen LogP contribution in [0.4, 0.5) is 5.95 Å². The third kappa shape index (κ3) is 4.94. The topological polar surface area (TPSA) is 79.4 Å². The van der Waals surface area contributed by atoms with Gasteiger partial charge in [0.15, 0.2) is 0 Å². The Morgan fingerprint density at radius 2 is 2.08 bits per heavy atom. The van der Waals surface area contributed by atoms with E-state index in [-0.39, 0.29) is 11.5 Å². The zero-order valence-corrected chi connectivity index (χ0v) is 14.8. The molecule has 2 N–H and O–H groups in total. The van der Waals surface area contributed by atoms with E-state index in [9.17, 15) is 4.79 Å². The van der Waals surface area contributed by atoms with E-state index < -0.39 is 0 Å². The van der Waals surface area contributed by atoms with Crippen molar-refractivity contribution in [3.05, 3.63) is 86.8 Å². The van der Waals surface area contributed by atoms with Gasteiger partial charge in [0, 0.05) is 22.3 Å². The number of nitrogens with one attached hydrogen (secondary N) is 2. The second kappa shape index (κ2) is 8.31. The molecule has 3 aromatic rings. The fourth-order valence-electron chi connectivity index (χ4n) is 2.30. The van der Waals surface area contributed by atoms with Gasteiger partial charge in [-0.25, -0.2) is 10.4 Å². The summed E-state index contributed by atoms with van der Waals surface area (Å²) in [6.45, 7) is 2.13. The van der Waals surface area contributed by atoms with Crippen molar-refractivity contribution in [3.63, 3.8) is 0 Å². The van der Waals surface area contributed by atoms with Crippen LogP contribution < -0.4 is 15.7 Å². The van der Waals surface area contributed by atoms with Crippen molar-refractivity contribution < 1.29 is 4.74 Å². The lowest BCUT2D eigenvalue weighted by molar-refractivity contribution is 0.306. The van der Waals surface area contributed by atoms with Crippen molar-refractivity contribution >= 4 is 23.8 Å². The molecule has 0 aliphatic rings. The SMILES string of the molecule is Cc1cc(=O)[nH]c(N/N=C/c2ccccc2OCc2cccc(Cl)c2)n1. The number of hydrazone groups is 1. The molecule has 0 aliphatic heterocycles. The van der Waals surface area contributed by atoms with Crippen LogP contribution in [0.1, 0.15) is 16.8 Å². The molecule has 0 spiro atoms. The number of H-pyrrole nitrogens is 1. The second-order valence-corrected chi connectivity index (χ2v) is 6.00. The van der Waals surface area contributed by atoms with Crippen LogP contribution in [0, 0.1) is 6.92 Å². The van der Waals surface area contributed by atoms with Gasteiger partial charge in [-0.3, -0.25) is 9.78 Å². The highest BCUT2D eigenvalue weighted by Crippen LogP contribution is 2.19. The number of aromatic nitrogens is 2. The van der Waals surface area contributed by atoms with Crippen LogP contribution in [-0.4, -0.2) is 16.2 Å². The van der Waals surface area contributed by atoms with Crippen LogP contribution in [0.5, 0.6) is 5.75 Å². The number of halogens is 1. The van der Waals surface area contributed by atoms with E-state index in [2.05, 4.69) is 20.5 Å². The normalized spacial score (nSPS) is 10.8. The van der Waals surface area contributed by atoms with E-state index in [1.54, 1.807) is 13.1 Å². The molecule has 0 atom stereocenters. The van der Waals surface area contributed by atoms with Crippen LogP contribution in [0.15, 0.2) is 64.5 Å². The van der Waals surface area contributed by atoms with Gasteiger partial charge in [-0.15, -0.1) is 0 Å². The minimum Gasteiger partial charge on any atom is -0.488 e. The van der Waals surface area contributed by atoms with E-state index in [0.717, 1.165) is 11.1 Å². The Hall–Kier alpha value is -3.12. The van der Waals surface area contributed by atoms with Gasteiger partial charge in [0.1, 0.15) is 12.4 Å². The zero-order chi connectivity index (χ0) is 18.4. The fraction of sp³-hybridized carbons (Fsp3) is 0.105. The summed E-state index contributed by atoms with van der Waals surface area (Å²) in [5, 5.41) is 4.79. The highest BCUT2D eigenvalue weighted by molar-refractivity contribution is 6.30. The molecule has 132 valence electrons. The Balaban J connectivity index is 1.69. The van der Waals surface area contributed by atoms with Gasteiger partial charge >= 0.3 is 0 Å². The van der Waals surface area contributed by atoms with E-state index in [1.165, 1.54) is 6.07 Å². The van der Waals surface area contributed by atoms with Gasteiger partial charge in [0.25, 0.3) is 5.56 Å². The van der Waals surface area contributed by atoms with E-state index >= 15 is 0 Å². The molecule has 0 saturated carbocycles. The van der Waals surface area contributed by atoms with E-state index in [4.69, 9.17) is 16.3 Å². The number of hydrogen-bond donors (Lipinski definition) is 2. The Bertz CT molecular complexity index is 985. The van der Waals surface area contributed by atoms with E-state index in [0.29, 0.717) is 23.1 Å². The molecule has 0 aliphatic carbocycles. The first-order valence-corrected chi connectivity index (χ1v) is 8.31. The van der Waals surface area contributed by atoms with Crippen LogP contribution in [0.2, 0.25) is 5.02 Å². The zero-order valence-electron chi connectivity index (χ0n) is 14.1. The second-order valence-electron chi connectivity index (χ2n) is 5.56. The summed E-state index contributed by atoms with van der Waals surface area (Å²) in [7, 11) is 0. The molecule has 0 unspecified atom stereocenters. The number of para-hydroxylation sites is 1. The molecule has 0 bridgehead atoms. The monoisotopic (exact) mass is 368 g/mol. The summed E-state index contributed by atoms with van der Waals surface area (Å²) in [4.78, 5) is 18.1. The lowest BCUT2D eigenvalue weighted by atomic mass is 10.2. The first-order chi connectivity index (χ1) is 12.6. The molecule has 1 aromatic heterocycles. The average Bonchev–Trinajstić information content (AvgIpc) is 2.60. The van der Waals surface area contributed by atoms with Crippen molar-refractivity contribution in [1.82, 2.24) is 9.97 Å². The Morgan fingerprint density at radius 1 is 1.23 bits per heavy atom. The van der Waals surface area contributed by atoms with Crippen LogP contribution in [-0.2, 0) is 6.61 Å². The van der Waals surface area contributed by atoms with Gasteiger partial charge in [0.05, 0.1) is 6.21 Å². The molecular weight excluding hydrogens is 352 g/mol. The maximum absolute atomic E-state index is 11.4. The minimum absolute atomic E-state index is 0.236. The number of anilines is 1. The van der Waals surface area contributed by atoms with Gasteiger partial charge in [-0.2, -0.15) is 5.10 Å². The van der Waals surface area contributed by atoms with E-state index in [1.807, 2.05) is 48.5 Å². The van der Waals surface area contributed by atoms with Crippen molar-refractivity contribution in [1.29, 1.82) is 0 Å². The highest BCUT2D eigenvalue weighted by atomic mass is 35.5. The number of hydrogen-bond acceptors (Lipinski definition) is 5. The maximum Gasteiger partial charge on any atom is 0.252 e. The van der Waals surface area contributed by atoms with Crippen molar-refractivity contribution in [3.8, 4) is 5.75 Å². The summed E-state index contributed by atoms with van der Waals surface area (Å²) >= 11 is 5.99. The molecule has 2 aromatic carbocycles. The summed E-state index contributed by atoms with van der Waals surface area (Å²) in [6.07, 6.45) is 1.61. The van der Waals surface area contributed by atoms with Gasteiger partial charge in [-0.05, 0) is 36.8 Å². The summed E-state index contributed by atoms with van der Waals surface area (Å²) in [5.41, 5.74) is 4.85. The molecule has 3 rings (SSSR count). The molecule has 0 radical (unpaired) electrons. The first-order valence-electron chi connectivity index (χ1n) is 7.93. The van der Waals surface area contributed by atoms with Crippen LogP contribution in [0.3, 0.4) is 0 Å². The Morgan fingerprint density at radius 3 is 2.88 bits per heavy atom. The quantitative estimate of drug-likeness (QED) is 0.513. The van der Waals surface area contributed by atoms with Gasteiger partial charge in [0.2, 0.25) is 5.95 Å². The maximum atomic E-state index is 11.4. The summed E-state index contributed by atoms with van der Waals surface area (Å²) in [5.74, 6) is 0.965. The molecule has 1 heterocycles. The average molecular weight is 369 g/mol. The summed E-state index contributed by atoms with van der Waals surface area (Å²) < 4.78 is 5.87. The number of aryl methyl sites for hydroxylation is 1. The third-order valence-electron chi connectivity index (χ3n) is 3.45. The number of rotatable bonds is 6. The number of benzene rings is 2. The van der Waals surface area contributed by atoms with Gasteiger partial charge in [-0.1, -0.05) is 35.9 Å². The molecule has 26 heavy (non-hydrogen) atoms. The largest absolute Gasteiger partial charge is 0.488 e. The predicted octanol–water partition coefficient (Wildman–Crippen LogP) is 3.76. The lowest BCUT2D eigenvalue weighted by Crippen LogP contribution is -2.10. The van der Waals surface area contributed by atoms with Crippen molar-refractivity contribution in [2.24, 2.45) is 5.10 Å². The number of nitrogens with zero attached hydrogens (tertiary/aromatic N) is 2. The van der Waals surface area contributed by atoms with Crippen LogP contribution >= 0.6 is 11.6 Å². The molecule has 7 heteroatoms. The van der Waals surface area contributed by atoms with Crippen molar-refractivity contribution in [2.75, 3.05) is 5.43 Å². The molecule has 0 saturated heterocycles. The smallest absolute Gasteiger partial charge is 0.252 e. The number of ether oxygens (including phenoxy) is 1. The molecular formula is C19H17ClN4O2. The highest BCUT2D eigenvalue weighted by Gasteiger charge is 2.02. The molecule has 0 amide bonds. The molecule has 0 fully saturated rings. The number of aromatic amines is 1. The first kappa shape index (κ1) is 17.7. The summed E-state index contributed by atoms with van der Waals surface area (Å²) in [6, 6.07) is 16.4.